The predicted octanol–water partition coefficient (Wildman–Crippen LogP) is 5.26. The third-order valence-electron chi connectivity index (χ3n) is 3.59. The van der Waals surface area contributed by atoms with Crippen molar-refractivity contribution >= 4 is 33.5 Å². The second-order valence-corrected chi connectivity index (χ2v) is 7.67. The summed E-state index contributed by atoms with van der Waals surface area (Å²) >= 11 is 4.62. The zero-order valence-electron chi connectivity index (χ0n) is 14.3. The van der Waals surface area contributed by atoms with E-state index < -0.39 is 0 Å². The van der Waals surface area contributed by atoms with Crippen LogP contribution >= 0.6 is 27.7 Å². The normalized spacial score (nSPS) is 12.0. The van der Waals surface area contributed by atoms with Gasteiger partial charge in [-0.05, 0) is 50.2 Å². The summed E-state index contributed by atoms with van der Waals surface area (Å²) in [6, 6.07) is 14.7. The van der Waals surface area contributed by atoms with Crippen molar-refractivity contribution in [1.29, 1.82) is 0 Å². The summed E-state index contributed by atoms with van der Waals surface area (Å²) in [5.41, 5.74) is 1.46. The Hall–Kier alpha value is -2.12. The van der Waals surface area contributed by atoms with E-state index in [2.05, 4.69) is 26.1 Å². The van der Waals surface area contributed by atoms with Crippen molar-refractivity contribution in [3.8, 4) is 17.2 Å². The van der Waals surface area contributed by atoms with Crippen molar-refractivity contribution in [2.75, 3.05) is 6.61 Å². The van der Waals surface area contributed by atoms with Gasteiger partial charge < -0.3 is 9.15 Å². The number of ketones is 1. The highest BCUT2D eigenvalue weighted by atomic mass is 79.9. The van der Waals surface area contributed by atoms with Gasteiger partial charge in [0.05, 0.1) is 11.9 Å². The maximum atomic E-state index is 12.5. The molecule has 1 atom stereocenters. The fourth-order valence-electron chi connectivity index (χ4n) is 2.29. The van der Waals surface area contributed by atoms with Crippen LogP contribution < -0.4 is 4.74 Å². The molecule has 2 aromatic carbocycles. The Morgan fingerprint density at radius 3 is 2.50 bits per heavy atom. The van der Waals surface area contributed by atoms with Crippen LogP contribution in [0.25, 0.3) is 11.5 Å². The van der Waals surface area contributed by atoms with Gasteiger partial charge >= 0.3 is 0 Å². The molecular weight excluding hydrogens is 416 g/mol. The molecule has 0 radical (unpaired) electrons. The molecule has 7 heteroatoms. The van der Waals surface area contributed by atoms with Gasteiger partial charge in [-0.15, -0.1) is 10.2 Å². The minimum atomic E-state index is -0.329. The number of nitrogens with zero attached hydrogens (tertiary/aromatic N) is 2. The molecule has 0 amide bonds. The van der Waals surface area contributed by atoms with Crippen LogP contribution in [0.2, 0.25) is 0 Å². The van der Waals surface area contributed by atoms with Crippen LogP contribution in [0.4, 0.5) is 0 Å². The quantitative estimate of drug-likeness (QED) is 0.374. The molecule has 26 heavy (non-hydrogen) atoms. The number of aromatic nitrogens is 2. The first kappa shape index (κ1) is 18.7. The zero-order valence-corrected chi connectivity index (χ0v) is 16.7. The van der Waals surface area contributed by atoms with Crippen molar-refractivity contribution in [3.63, 3.8) is 0 Å². The number of rotatable bonds is 7. The van der Waals surface area contributed by atoms with Crippen LogP contribution in [0.1, 0.15) is 24.2 Å². The van der Waals surface area contributed by atoms with E-state index in [1.54, 1.807) is 12.1 Å². The van der Waals surface area contributed by atoms with Crippen LogP contribution in [0.3, 0.4) is 0 Å². The van der Waals surface area contributed by atoms with E-state index in [0.717, 1.165) is 15.8 Å². The largest absolute Gasteiger partial charge is 0.494 e. The predicted molar refractivity (Wildman–Crippen MR) is 105 cm³/mol. The molecule has 0 bridgehead atoms. The molecule has 0 N–H and O–H groups in total. The minimum Gasteiger partial charge on any atom is -0.494 e. The van der Waals surface area contributed by atoms with E-state index in [1.807, 2.05) is 50.2 Å². The molecule has 1 heterocycles. The Labute approximate surface area is 164 Å². The van der Waals surface area contributed by atoms with Crippen LogP contribution in [0.5, 0.6) is 5.75 Å². The Kier molecular flexibility index (Phi) is 6.11. The summed E-state index contributed by atoms with van der Waals surface area (Å²) < 4.78 is 12.0. The molecule has 3 aromatic rings. The van der Waals surface area contributed by atoms with Crippen LogP contribution in [-0.4, -0.2) is 27.8 Å². The number of Topliss-reactive ketones (excluding diaryl/α,β-unsaturated/α-hetero) is 1. The van der Waals surface area contributed by atoms with Crippen LogP contribution in [-0.2, 0) is 0 Å². The Morgan fingerprint density at radius 2 is 1.85 bits per heavy atom. The van der Waals surface area contributed by atoms with Gasteiger partial charge in [0.25, 0.3) is 5.22 Å². The summed E-state index contributed by atoms with van der Waals surface area (Å²) in [5, 5.41) is 8.14. The van der Waals surface area contributed by atoms with Gasteiger partial charge in [-0.2, -0.15) is 0 Å². The molecule has 0 fully saturated rings. The molecule has 134 valence electrons. The van der Waals surface area contributed by atoms with Crippen molar-refractivity contribution in [2.24, 2.45) is 0 Å². The fourth-order valence-corrected chi connectivity index (χ4v) is 3.31. The molecule has 3 rings (SSSR count). The SMILES string of the molecule is CCOc1ccc(-c2nnc(SC(C)C(=O)c3ccc(Br)cc3)o2)cc1. The second kappa shape index (κ2) is 8.51. The third-order valence-corrected chi connectivity index (χ3v) is 5.06. The van der Waals surface area contributed by atoms with Crippen molar-refractivity contribution < 1.29 is 13.9 Å². The van der Waals surface area contributed by atoms with Gasteiger partial charge in [0.15, 0.2) is 5.78 Å². The molecule has 1 unspecified atom stereocenters. The maximum Gasteiger partial charge on any atom is 0.277 e. The lowest BCUT2D eigenvalue weighted by Gasteiger charge is -2.07. The first-order valence-electron chi connectivity index (χ1n) is 8.10. The van der Waals surface area contributed by atoms with Crippen LogP contribution in [0.15, 0.2) is 62.6 Å². The molecular formula is C19H17BrN2O3S. The summed E-state index contributed by atoms with van der Waals surface area (Å²) in [6.45, 7) is 4.38. The van der Waals surface area contributed by atoms with E-state index in [-0.39, 0.29) is 11.0 Å². The Balaban J connectivity index is 1.67. The molecule has 5 nitrogen and oxygen atoms in total. The molecule has 0 saturated heterocycles. The minimum absolute atomic E-state index is 0.0170. The number of hydrogen-bond donors (Lipinski definition) is 0. The molecule has 0 aliphatic heterocycles. The topological polar surface area (TPSA) is 65.2 Å². The summed E-state index contributed by atoms with van der Waals surface area (Å²) in [6.07, 6.45) is 0. The first-order valence-corrected chi connectivity index (χ1v) is 9.77. The second-order valence-electron chi connectivity index (χ2n) is 5.46. The van der Waals surface area contributed by atoms with E-state index in [0.29, 0.717) is 23.3 Å². The lowest BCUT2D eigenvalue weighted by molar-refractivity contribution is 0.0993. The summed E-state index contributed by atoms with van der Waals surface area (Å²) in [7, 11) is 0. The summed E-state index contributed by atoms with van der Waals surface area (Å²) in [4.78, 5) is 12.5. The van der Waals surface area contributed by atoms with E-state index in [4.69, 9.17) is 9.15 Å². The number of benzene rings is 2. The molecule has 0 saturated carbocycles. The zero-order chi connectivity index (χ0) is 18.5. The lowest BCUT2D eigenvalue weighted by atomic mass is 10.1. The number of halogens is 1. The van der Waals surface area contributed by atoms with E-state index >= 15 is 0 Å². The Bertz CT molecular complexity index is 879. The van der Waals surface area contributed by atoms with Gasteiger partial charge in [0, 0.05) is 15.6 Å². The monoisotopic (exact) mass is 432 g/mol. The molecule has 1 aromatic heterocycles. The standard InChI is InChI=1S/C19H17BrN2O3S/c1-3-24-16-10-6-14(7-11-16)18-21-22-19(25-18)26-12(2)17(23)13-4-8-15(20)9-5-13/h4-12H,3H2,1-2H3. The first-order chi connectivity index (χ1) is 12.6. The van der Waals surface area contributed by atoms with Crippen molar-refractivity contribution in [2.45, 2.75) is 24.3 Å². The third kappa shape index (κ3) is 4.53. The van der Waals surface area contributed by atoms with Crippen molar-refractivity contribution in [3.05, 3.63) is 58.6 Å². The highest BCUT2D eigenvalue weighted by Crippen LogP contribution is 2.28. The fraction of sp³-hybridized carbons (Fsp3) is 0.211. The molecule has 0 aliphatic rings. The number of ether oxygens (including phenoxy) is 1. The number of hydrogen-bond acceptors (Lipinski definition) is 6. The van der Waals surface area contributed by atoms with Crippen molar-refractivity contribution in [1.82, 2.24) is 10.2 Å². The molecule has 0 aliphatic carbocycles. The summed E-state index contributed by atoms with van der Waals surface area (Å²) in [5.74, 6) is 1.22. The Morgan fingerprint density at radius 1 is 1.15 bits per heavy atom. The smallest absolute Gasteiger partial charge is 0.277 e. The van der Waals surface area contributed by atoms with E-state index in [9.17, 15) is 4.79 Å². The lowest BCUT2D eigenvalue weighted by Crippen LogP contribution is -2.13. The van der Waals surface area contributed by atoms with Gasteiger partial charge in [0.1, 0.15) is 5.75 Å². The van der Waals surface area contributed by atoms with Crippen LogP contribution in [0, 0.1) is 0 Å². The van der Waals surface area contributed by atoms with Gasteiger partial charge in [-0.25, -0.2) is 0 Å². The van der Waals surface area contributed by atoms with Gasteiger partial charge in [-0.1, -0.05) is 39.8 Å². The average Bonchev–Trinajstić information content (AvgIpc) is 3.11. The highest BCUT2D eigenvalue weighted by Gasteiger charge is 2.20. The van der Waals surface area contributed by atoms with Gasteiger partial charge in [-0.3, -0.25) is 4.79 Å². The van der Waals surface area contributed by atoms with E-state index in [1.165, 1.54) is 11.8 Å². The highest BCUT2D eigenvalue weighted by molar-refractivity contribution is 9.10. The number of carbonyl (C=O) groups is 1. The maximum absolute atomic E-state index is 12.5. The number of carbonyl (C=O) groups excluding carboxylic acids is 1. The van der Waals surface area contributed by atoms with Gasteiger partial charge in [0.2, 0.25) is 5.89 Å². The molecule has 0 spiro atoms. The average molecular weight is 433 g/mol. The number of thioether (sulfide) groups is 1.